The SMILES string of the molecule is CCN(C(=O)c1ccc(C)c(C)c1-n1nccn1)[C@@H](C)CCc1ccc(Cl)cn1. The standard InChI is InChI=1S/C22H26ClN5O/c1-5-27(16(3)7-9-19-10-8-18(23)14-24-19)22(29)20-11-6-15(2)17(4)21(20)28-25-12-13-26-28/h6,8,10-14,16H,5,7,9H2,1-4H3/t16-/m0/s1. The van der Waals surface area contributed by atoms with Crippen LogP contribution in [0.4, 0.5) is 0 Å². The summed E-state index contributed by atoms with van der Waals surface area (Å²) in [5, 5.41) is 9.15. The smallest absolute Gasteiger partial charge is 0.256 e. The van der Waals surface area contributed by atoms with E-state index in [-0.39, 0.29) is 11.9 Å². The van der Waals surface area contributed by atoms with Crippen LogP contribution in [-0.2, 0) is 6.42 Å². The molecule has 0 aliphatic rings. The van der Waals surface area contributed by atoms with Gasteiger partial charge in [0.1, 0.15) is 5.69 Å². The van der Waals surface area contributed by atoms with Crippen LogP contribution in [0.1, 0.15) is 47.4 Å². The minimum Gasteiger partial charge on any atom is -0.336 e. The van der Waals surface area contributed by atoms with E-state index >= 15 is 0 Å². The van der Waals surface area contributed by atoms with Crippen LogP contribution in [0.15, 0.2) is 42.9 Å². The van der Waals surface area contributed by atoms with Crippen LogP contribution in [0.25, 0.3) is 5.69 Å². The van der Waals surface area contributed by atoms with Crippen LogP contribution in [0.5, 0.6) is 0 Å². The Morgan fingerprint density at radius 2 is 1.90 bits per heavy atom. The van der Waals surface area contributed by atoms with Crippen LogP contribution in [0.3, 0.4) is 0 Å². The molecule has 1 aromatic carbocycles. The fourth-order valence-electron chi connectivity index (χ4n) is 3.44. The van der Waals surface area contributed by atoms with E-state index in [4.69, 9.17) is 11.6 Å². The quantitative estimate of drug-likeness (QED) is 0.577. The maximum atomic E-state index is 13.5. The average molecular weight is 412 g/mol. The highest BCUT2D eigenvalue weighted by atomic mass is 35.5. The van der Waals surface area contributed by atoms with Crippen LogP contribution in [0.2, 0.25) is 5.02 Å². The molecule has 0 saturated heterocycles. The molecule has 2 heterocycles. The molecule has 7 heteroatoms. The Bertz CT molecular complexity index is 970. The first-order valence-electron chi connectivity index (χ1n) is 9.80. The van der Waals surface area contributed by atoms with Gasteiger partial charge >= 0.3 is 0 Å². The van der Waals surface area contributed by atoms with Crippen molar-refractivity contribution in [1.82, 2.24) is 24.9 Å². The van der Waals surface area contributed by atoms with Crippen LogP contribution in [0, 0.1) is 13.8 Å². The summed E-state index contributed by atoms with van der Waals surface area (Å²) in [5.74, 6) is -0.0144. The second-order valence-corrected chi connectivity index (χ2v) is 7.61. The van der Waals surface area contributed by atoms with E-state index in [0.717, 1.165) is 35.3 Å². The molecule has 0 fully saturated rings. The third kappa shape index (κ3) is 4.65. The molecule has 6 nitrogen and oxygen atoms in total. The van der Waals surface area contributed by atoms with Gasteiger partial charge in [0.25, 0.3) is 5.91 Å². The van der Waals surface area contributed by atoms with Gasteiger partial charge < -0.3 is 4.90 Å². The molecule has 3 rings (SSSR count). The highest BCUT2D eigenvalue weighted by Crippen LogP contribution is 2.24. The normalized spacial score (nSPS) is 12.0. The van der Waals surface area contributed by atoms with Gasteiger partial charge in [0.05, 0.1) is 23.0 Å². The van der Waals surface area contributed by atoms with Crippen LogP contribution in [-0.4, -0.2) is 43.4 Å². The zero-order chi connectivity index (χ0) is 21.0. The number of carbonyl (C=O) groups excluding carboxylic acids is 1. The van der Waals surface area contributed by atoms with Gasteiger partial charge in [0, 0.05) is 24.5 Å². The van der Waals surface area contributed by atoms with E-state index in [2.05, 4.69) is 22.1 Å². The number of hydrogen-bond donors (Lipinski definition) is 0. The Labute approximate surface area is 176 Å². The second kappa shape index (κ2) is 9.18. The van der Waals surface area contributed by atoms with E-state index in [9.17, 15) is 4.79 Å². The molecular weight excluding hydrogens is 386 g/mol. The Hall–Kier alpha value is -2.73. The average Bonchev–Trinajstić information content (AvgIpc) is 3.24. The maximum absolute atomic E-state index is 13.5. The molecule has 3 aromatic rings. The van der Waals surface area contributed by atoms with E-state index in [0.29, 0.717) is 17.1 Å². The molecule has 0 aliphatic carbocycles. The number of hydrogen-bond acceptors (Lipinski definition) is 4. The van der Waals surface area contributed by atoms with Crippen molar-refractivity contribution in [3.63, 3.8) is 0 Å². The Morgan fingerprint density at radius 1 is 1.17 bits per heavy atom. The third-order valence-electron chi connectivity index (χ3n) is 5.29. The molecule has 0 bridgehead atoms. The zero-order valence-corrected chi connectivity index (χ0v) is 18.0. The van der Waals surface area contributed by atoms with Gasteiger partial charge in [-0.25, -0.2) is 0 Å². The van der Waals surface area contributed by atoms with Crippen LogP contribution < -0.4 is 0 Å². The molecule has 0 N–H and O–H groups in total. The third-order valence-corrected chi connectivity index (χ3v) is 5.52. The van der Waals surface area contributed by atoms with Crippen molar-refractivity contribution in [2.75, 3.05) is 6.54 Å². The highest BCUT2D eigenvalue weighted by molar-refractivity contribution is 6.30. The summed E-state index contributed by atoms with van der Waals surface area (Å²) in [4.78, 5) is 21.3. The van der Waals surface area contributed by atoms with Gasteiger partial charge in [-0.1, -0.05) is 17.7 Å². The van der Waals surface area contributed by atoms with E-state index < -0.39 is 0 Å². The summed E-state index contributed by atoms with van der Waals surface area (Å²) >= 11 is 5.91. The minimum atomic E-state index is -0.0144. The summed E-state index contributed by atoms with van der Waals surface area (Å²) < 4.78 is 0. The molecule has 0 aliphatic heterocycles. The second-order valence-electron chi connectivity index (χ2n) is 7.17. The Balaban J connectivity index is 1.84. The summed E-state index contributed by atoms with van der Waals surface area (Å²) in [5.41, 5.74) is 4.42. The van der Waals surface area contributed by atoms with Gasteiger partial charge in [0.15, 0.2) is 0 Å². The summed E-state index contributed by atoms with van der Waals surface area (Å²) in [6.07, 6.45) is 6.49. The highest BCUT2D eigenvalue weighted by Gasteiger charge is 2.25. The van der Waals surface area contributed by atoms with Crippen molar-refractivity contribution in [2.24, 2.45) is 0 Å². The van der Waals surface area contributed by atoms with Gasteiger partial charge in [-0.15, -0.1) is 0 Å². The fraction of sp³-hybridized carbons (Fsp3) is 0.364. The van der Waals surface area contributed by atoms with E-state index in [1.54, 1.807) is 18.6 Å². The lowest BCUT2D eigenvalue weighted by atomic mass is 10.0. The molecule has 1 atom stereocenters. The Kier molecular flexibility index (Phi) is 6.64. The number of nitrogens with zero attached hydrogens (tertiary/aromatic N) is 5. The molecule has 29 heavy (non-hydrogen) atoms. The number of carbonyl (C=O) groups is 1. The number of aromatic nitrogens is 4. The predicted octanol–water partition coefficient (Wildman–Crippen LogP) is 4.42. The molecule has 0 saturated carbocycles. The summed E-state index contributed by atoms with van der Waals surface area (Å²) in [6.45, 7) is 8.71. The Morgan fingerprint density at radius 3 is 2.52 bits per heavy atom. The lowest BCUT2D eigenvalue weighted by molar-refractivity contribution is 0.0695. The van der Waals surface area contributed by atoms with Crippen molar-refractivity contribution in [2.45, 2.75) is 46.6 Å². The molecule has 152 valence electrons. The van der Waals surface area contributed by atoms with E-state index in [1.165, 1.54) is 4.80 Å². The largest absolute Gasteiger partial charge is 0.336 e. The molecular formula is C22H26ClN5O. The zero-order valence-electron chi connectivity index (χ0n) is 17.3. The number of aryl methyl sites for hydroxylation is 2. The lowest BCUT2D eigenvalue weighted by Gasteiger charge is -2.29. The van der Waals surface area contributed by atoms with Crippen molar-refractivity contribution in [3.05, 3.63) is 70.3 Å². The number of amides is 1. The van der Waals surface area contributed by atoms with E-state index in [1.807, 2.05) is 49.9 Å². The first kappa shape index (κ1) is 21.0. The molecule has 2 aromatic heterocycles. The van der Waals surface area contributed by atoms with Crippen molar-refractivity contribution in [1.29, 1.82) is 0 Å². The number of pyridine rings is 1. The van der Waals surface area contributed by atoms with Gasteiger partial charge in [-0.3, -0.25) is 9.78 Å². The van der Waals surface area contributed by atoms with Gasteiger partial charge in [-0.2, -0.15) is 15.0 Å². The summed E-state index contributed by atoms with van der Waals surface area (Å²) in [6, 6.07) is 7.68. The van der Waals surface area contributed by atoms with Gasteiger partial charge in [0.2, 0.25) is 0 Å². The predicted molar refractivity (Wildman–Crippen MR) is 115 cm³/mol. The fourth-order valence-corrected chi connectivity index (χ4v) is 3.55. The number of rotatable bonds is 7. The molecule has 0 radical (unpaired) electrons. The number of halogens is 1. The molecule has 0 unspecified atom stereocenters. The van der Waals surface area contributed by atoms with Crippen molar-refractivity contribution < 1.29 is 4.79 Å². The van der Waals surface area contributed by atoms with Crippen LogP contribution >= 0.6 is 11.6 Å². The number of benzene rings is 1. The molecule has 1 amide bonds. The monoisotopic (exact) mass is 411 g/mol. The van der Waals surface area contributed by atoms with Gasteiger partial charge in [-0.05, 0) is 69.9 Å². The molecule has 0 spiro atoms. The van der Waals surface area contributed by atoms with Crippen molar-refractivity contribution >= 4 is 17.5 Å². The lowest BCUT2D eigenvalue weighted by Crippen LogP contribution is -2.39. The van der Waals surface area contributed by atoms with Crippen molar-refractivity contribution in [3.8, 4) is 5.69 Å². The minimum absolute atomic E-state index is 0.0144. The topological polar surface area (TPSA) is 63.9 Å². The first-order valence-corrected chi connectivity index (χ1v) is 10.2. The summed E-state index contributed by atoms with van der Waals surface area (Å²) in [7, 11) is 0. The maximum Gasteiger partial charge on any atom is 0.256 e. The first-order chi connectivity index (χ1) is 13.9.